The Balaban J connectivity index is 1.81. The Morgan fingerprint density at radius 3 is 1.63 bits per heavy atom. The maximum Gasteiger partial charge on any atom is 0.308 e. The Morgan fingerprint density at radius 2 is 1.08 bits per heavy atom. The molecule has 2 bridgehead atoms. The maximum atomic E-state index is 12.6. The van der Waals surface area contributed by atoms with Crippen molar-refractivity contribution in [2.75, 3.05) is 0 Å². The number of hydrogen-bond donors (Lipinski definition) is 11. The highest BCUT2D eigenvalue weighted by Crippen LogP contribution is 2.37. The van der Waals surface area contributed by atoms with Gasteiger partial charge in [0.2, 0.25) is 0 Å². The van der Waals surface area contributed by atoms with Gasteiger partial charge in [-0.25, -0.2) is 0 Å². The number of esters is 1. The molecule has 358 valence electrons. The van der Waals surface area contributed by atoms with Crippen LogP contribution in [0.15, 0.2) is 85.1 Å². The average Bonchev–Trinajstić information content (AvgIpc) is 3.19. The van der Waals surface area contributed by atoms with Crippen LogP contribution in [0.2, 0.25) is 0 Å². The van der Waals surface area contributed by atoms with Gasteiger partial charge >= 0.3 is 5.97 Å². The van der Waals surface area contributed by atoms with Crippen molar-refractivity contribution in [1.82, 2.24) is 0 Å². The standard InChI is InChI=1S/C47H75NO15/c1-28-18-16-14-12-10-8-6-7-9-11-13-15-17-19-38(62-46-45(58)42(48)44(57)32(5)61-46)25-40-30(3)39(54)27-47(59,63-40)26-37(53)23-35(51)21-33(49)20-34(50)22-36(52)24-41(55)60-31(4)29(2)43(28)56/h6-19,28-40,42-46,49-54,56-59H,20-27,48H2,1-5H3/b7-6+,10-8+,11-9+,14-12+,15-13+,18-16+,19-17+/t28-,29-,30+,31-,32?,33-,34+,35?,36+,37-,38-,39-,40?,42?,43+,44?,45?,46?,47+/m0/s1. The van der Waals surface area contributed by atoms with E-state index in [0.717, 1.165) is 0 Å². The van der Waals surface area contributed by atoms with Crippen molar-refractivity contribution in [2.24, 2.45) is 23.5 Å². The molecule has 19 atom stereocenters. The molecule has 3 heterocycles. The first-order chi connectivity index (χ1) is 29.7. The van der Waals surface area contributed by atoms with E-state index in [1.54, 1.807) is 52.0 Å². The topological polar surface area (TPSA) is 282 Å². The first-order valence-electron chi connectivity index (χ1n) is 22.2. The van der Waals surface area contributed by atoms with E-state index in [0.29, 0.717) is 0 Å². The molecule has 0 radical (unpaired) electrons. The normalized spacial score (nSPS) is 46.6. The predicted octanol–water partition coefficient (Wildman–Crippen LogP) is 1.65. The molecule has 0 aliphatic carbocycles. The molecule has 12 N–H and O–H groups in total. The highest BCUT2D eigenvalue weighted by atomic mass is 16.7. The van der Waals surface area contributed by atoms with Crippen LogP contribution in [-0.2, 0) is 23.7 Å². The lowest BCUT2D eigenvalue weighted by molar-refractivity contribution is -0.308. The molecule has 0 amide bonds. The second kappa shape index (κ2) is 26.9. The number of carbonyl (C=O) groups excluding carboxylic acids is 1. The number of fused-ring (bicyclic) bond motifs is 2. The number of carbonyl (C=O) groups is 1. The quantitative estimate of drug-likeness (QED) is 0.176. The highest BCUT2D eigenvalue weighted by Gasteiger charge is 2.47. The van der Waals surface area contributed by atoms with Gasteiger partial charge in [0.15, 0.2) is 12.1 Å². The van der Waals surface area contributed by atoms with Crippen LogP contribution in [0.4, 0.5) is 0 Å². The zero-order valence-corrected chi connectivity index (χ0v) is 37.2. The second-order valence-electron chi connectivity index (χ2n) is 17.6. The van der Waals surface area contributed by atoms with Gasteiger partial charge in [0.05, 0.1) is 79.6 Å². The van der Waals surface area contributed by atoms with Crippen molar-refractivity contribution in [3.05, 3.63) is 85.1 Å². The number of aliphatic hydroxyl groups excluding tert-OH is 9. The molecule has 3 rings (SSSR count). The molecule has 7 unspecified atom stereocenters. The van der Waals surface area contributed by atoms with Crippen LogP contribution in [0.3, 0.4) is 0 Å². The maximum absolute atomic E-state index is 12.6. The van der Waals surface area contributed by atoms with Crippen LogP contribution in [0.1, 0.15) is 86.0 Å². The molecular weight excluding hydrogens is 819 g/mol. The fourth-order valence-electron chi connectivity index (χ4n) is 7.93. The molecule has 2 saturated heterocycles. The molecule has 0 aromatic rings. The van der Waals surface area contributed by atoms with Gasteiger partial charge < -0.3 is 75.7 Å². The molecule has 3 aliphatic heterocycles. The first-order valence-corrected chi connectivity index (χ1v) is 22.2. The molecule has 2 fully saturated rings. The van der Waals surface area contributed by atoms with E-state index in [2.05, 4.69) is 0 Å². The summed E-state index contributed by atoms with van der Waals surface area (Å²) in [4.78, 5) is 12.6. The van der Waals surface area contributed by atoms with E-state index < -0.39 is 128 Å². The summed E-state index contributed by atoms with van der Waals surface area (Å²) in [5.41, 5.74) is 6.06. The Kier molecular flexibility index (Phi) is 23.2. The Hall–Kier alpha value is -2.91. The Labute approximate surface area is 372 Å². The van der Waals surface area contributed by atoms with Crippen molar-refractivity contribution in [3.8, 4) is 0 Å². The van der Waals surface area contributed by atoms with Gasteiger partial charge in [-0.05, 0) is 39.5 Å². The van der Waals surface area contributed by atoms with Crippen molar-refractivity contribution in [1.29, 1.82) is 0 Å². The number of hydrogen-bond acceptors (Lipinski definition) is 16. The zero-order valence-electron chi connectivity index (χ0n) is 37.2. The summed E-state index contributed by atoms with van der Waals surface area (Å²) >= 11 is 0. The van der Waals surface area contributed by atoms with Gasteiger partial charge in [-0.1, -0.05) is 106 Å². The zero-order chi connectivity index (χ0) is 46.9. The van der Waals surface area contributed by atoms with Crippen LogP contribution < -0.4 is 5.73 Å². The summed E-state index contributed by atoms with van der Waals surface area (Å²) in [6.07, 6.45) is 8.10. The van der Waals surface area contributed by atoms with E-state index in [-0.39, 0.29) is 44.4 Å². The number of cyclic esters (lactones) is 1. The van der Waals surface area contributed by atoms with Gasteiger partial charge in [0.25, 0.3) is 0 Å². The predicted molar refractivity (Wildman–Crippen MR) is 235 cm³/mol. The van der Waals surface area contributed by atoms with E-state index >= 15 is 0 Å². The van der Waals surface area contributed by atoms with Crippen LogP contribution in [0.25, 0.3) is 0 Å². The van der Waals surface area contributed by atoms with E-state index in [1.165, 1.54) is 0 Å². The molecule has 0 aromatic heterocycles. The molecule has 0 saturated carbocycles. The van der Waals surface area contributed by atoms with E-state index in [9.17, 15) is 55.9 Å². The second-order valence-corrected chi connectivity index (χ2v) is 17.6. The Morgan fingerprint density at radius 1 is 0.587 bits per heavy atom. The first kappa shape index (κ1) is 54.4. The summed E-state index contributed by atoms with van der Waals surface area (Å²) in [5, 5.41) is 108. The summed E-state index contributed by atoms with van der Waals surface area (Å²) < 4.78 is 23.6. The average molecular weight is 894 g/mol. The summed E-state index contributed by atoms with van der Waals surface area (Å²) in [5.74, 6) is -3.95. The fourth-order valence-corrected chi connectivity index (χ4v) is 7.93. The van der Waals surface area contributed by atoms with Crippen LogP contribution >= 0.6 is 0 Å². The largest absolute Gasteiger partial charge is 0.462 e. The molecule has 3 aliphatic rings. The van der Waals surface area contributed by atoms with Crippen molar-refractivity contribution < 1.29 is 74.8 Å². The minimum absolute atomic E-state index is 0.0568. The summed E-state index contributed by atoms with van der Waals surface area (Å²) in [6.45, 7) is 8.60. The number of ether oxygens (including phenoxy) is 4. The lowest BCUT2D eigenvalue weighted by atomic mass is 9.84. The number of aliphatic hydroxyl groups is 10. The summed E-state index contributed by atoms with van der Waals surface area (Å²) in [7, 11) is 0. The van der Waals surface area contributed by atoms with Crippen LogP contribution in [0.5, 0.6) is 0 Å². The third-order valence-electron chi connectivity index (χ3n) is 12.0. The van der Waals surface area contributed by atoms with Gasteiger partial charge in [-0.2, -0.15) is 0 Å². The monoisotopic (exact) mass is 894 g/mol. The SMILES string of the molecule is CC1OC(O[C@H]2/C=C/C=C/C=C/C=C/C=C/C=C/C=C/[C@H](C)[C@@H](O)[C@@H](C)[C@H](C)OC(=O)C[C@H](O)C[C@H](O)C[C@H](O)CC(O)C[C@H](O)C[C@]3(O)C[C@H](O)[C@@H](C)C(C2)O3)C(O)C(N)C1O. The molecule has 0 spiro atoms. The van der Waals surface area contributed by atoms with Crippen LogP contribution in [0, 0.1) is 17.8 Å². The molecular formula is C47H75NO15. The number of nitrogens with two attached hydrogens (primary N) is 1. The smallest absolute Gasteiger partial charge is 0.308 e. The number of allylic oxidation sites excluding steroid dienone is 12. The van der Waals surface area contributed by atoms with Crippen molar-refractivity contribution in [3.63, 3.8) is 0 Å². The van der Waals surface area contributed by atoms with Gasteiger partial charge in [0.1, 0.15) is 12.2 Å². The fraction of sp³-hybridized carbons (Fsp3) is 0.681. The van der Waals surface area contributed by atoms with Crippen molar-refractivity contribution >= 4 is 5.97 Å². The van der Waals surface area contributed by atoms with E-state index in [1.807, 2.05) is 67.7 Å². The van der Waals surface area contributed by atoms with Gasteiger partial charge in [-0.15, -0.1) is 0 Å². The third-order valence-corrected chi connectivity index (χ3v) is 12.0. The lowest BCUT2D eigenvalue weighted by Gasteiger charge is -2.45. The minimum atomic E-state index is -2.03. The molecule has 16 heteroatoms. The van der Waals surface area contributed by atoms with Crippen molar-refractivity contribution in [2.45, 2.75) is 183 Å². The summed E-state index contributed by atoms with van der Waals surface area (Å²) in [6, 6.07) is -1.05. The third kappa shape index (κ3) is 18.8. The van der Waals surface area contributed by atoms with Gasteiger partial charge in [0, 0.05) is 37.0 Å². The molecule has 16 nitrogen and oxygen atoms in total. The minimum Gasteiger partial charge on any atom is -0.462 e. The number of rotatable bonds is 2. The van der Waals surface area contributed by atoms with Gasteiger partial charge in [-0.3, -0.25) is 4.79 Å². The molecule has 63 heavy (non-hydrogen) atoms. The highest BCUT2D eigenvalue weighted by molar-refractivity contribution is 5.70. The Bertz CT molecular complexity index is 1570. The van der Waals surface area contributed by atoms with E-state index in [4.69, 9.17) is 24.7 Å². The molecule has 0 aromatic carbocycles. The van der Waals surface area contributed by atoms with Crippen LogP contribution in [-0.4, -0.2) is 155 Å². The lowest BCUT2D eigenvalue weighted by Crippen LogP contribution is -2.61.